The third-order valence-electron chi connectivity index (χ3n) is 11.0. The summed E-state index contributed by atoms with van der Waals surface area (Å²) in [5.41, 5.74) is 14.0. The molecule has 0 aliphatic carbocycles. The molecule has 0 amide bonds. The highest BCUT2D eigenvalue weighted by Crippen LogP contribution is 2.36. The molecule has 11 aromatic rings. The zero-order valence-electron chi connectivity index (χ0n) is 32.8. The molecule has 0 aliphatic rings. The predicted octanol–water partition coefficient (Wildman–Crippen LogP) is 12.8. The topological polar surface area (TPSA) is 82.3 Å². The van der Waals surface area contributed by atoms with E-state index in [1.807, 2.05) is 73.1 Å². The van der Waals surface area contributed by atoms with E-state index in [0.29, 0.717) is 17.5 Å². The zero-order chi connectivity index (χ0) is 40.5. The van der Waals surface area contributed by atoms with Crippen molar-refractivity contribution in [2.45, 2.75) is 0 Å². The Bertz CT molecular complexity index is 3270. The Balaban J connectivity index is 0.981. The molecule has 5 heterocycles. The second-order valence-corrected chi connectivity index (χ2v) is 14.9. The summed E-state index contributed by atoms with van der Waals surface area (Å²) in [6, 6.07) is 64.9. The van der Waals surface area contributed by atoms with E-state index >= 15 is 0 Å². The van der Waals surface area contributed by atoms with Crippen LogP contribution in [0.25, 0.3) is 106 Å². The third-order valence-corrected chi connectivity index (χ3v) is 11.0. The van der Waals surface area contributed by atoms with Gasteiger partial charge >= 0.3 is 0 Å². The number of aromatic nitrogens is 7. The van der Waals surface area contributed by atoms with Crippen LogP contribution in [0.2, 0.25) is 0 Å². The molecule has 0 aliphatic heterocycles. The van der Waals surface area contributed by atoms with Crippen LogP contribution in [0.15, 0.2) is 213 Å². The number of pyridine rings is 3. The zero-order valence-corrected chi connectivity index (χ0v) is 32.8. The average Bonchev–Trinajstić information content (AvgIpc) is 3.68. The van der Waals surface area contributed by atoms with Crippen molar-refractivity contribution in [3.05, 3.63) is 213 Å². The fourth-order valence-electron chi connectivity index (χ4n) is 8.03. The SMILES string of the molecule is c1ccc(-c2nc(-c3ccc(-c4ccc5c(c4)c4ccccc4n5-c4ccccc4)cc3)nc(-c3cccc(-c4cc(-c5cccnc5)nc(-c5cccnc5)c4)c3)n2)cc1. The van der Waals surface area contributed by atoms with Gasteiger partial charge in [0, 0.05) is 69.1 Å². The molecule has 7 nitrogen and oxygen atoms in total. The normalized spacial score (nSPS) is 11.3. The van der Waals surface area contributed by atoms with Crippen LogP contribution in [0.5, 0.6) is 0 Å². The lowest BCUT2D eigenvalue weighted by Crippen LogP contribution is -2.00. The van der Waals surface area contributed by atoms with Gasteiger partial charge in [-0.2, -0.15) is 0 Å². The Kier molecular flexibility index (Phi) is 9.02. The van der Waals surface area contributed by atoms with Crippen LogP contribution in [0, 0.1) is 0 Å². The number of para-hydroxylation sites is 2. The summed E-state index contributed by atoms with van der Waals surface area (Å²) in [7, 11) is 0. The van der Waals surface area contributed by atoms with Crippen molar-refractivity contribution in [2.24, 2.45) is 0 Å². The van der Waals surface area contributed by atoms with E-state index in [1.54, 1.807) is 12.4 Å². The molecule has 11 rings (SSSR count). The van der Waals surface area contributed by atoms with E-state index < -0.39 is 0 Å². The minimum atomic E-state index is 0.587. The summed E-state index contributed by atoms with van der Waals surface area (Å²) in [5.74, 6) is 1.80. The fraction of sp³-hybridized carbons (Fsp3) is 0. The van der Waals surface area contributed by atoms with E-state index in [0.717, 1.165) is 67.1 Å². The molecule has 0 atom stereocenters. The highest BCUT2D eigenvalue weighted by atomic mass is 15.0. The van der Waals surface area contributed by atoms with E-state index in [9.17, 15) is 0 Å². The van der Waals surface area contributed by atoms with Gasteiger partial charge in [-0.25, -0.2) is 19.9 Å². The smallest absolute Gasteiger partial charge is 0.164 e. The van der Waals surface area contributed by atoms with Crippen molar-refractivity contribution in [3.63, 3.8) is 0 Å². The summed E-state index contributed by atoms with van der Waals surface area (Å²) in [6.45, 7) is 0. The lowest BCUT2D eigenvalue weighted by molar-refractivity contribution is 1.07. The quantitative estimate of drug-likeness (QED) is 0.153. The van der Waals surface area contributed by atoms with Crippen LogP contribution in [-0.2, 0) is 0 Å². The maximum Gasteiger partial charge on any atom is 0.164 e. The van der Waals surface area contributed by atoms with Crippen molar-refractivity contribution < 1.29 is 0 Å². The largest absolute Gasteiger partial charge is 0.309 e. The molecule has 0 saturated heterocycles. The van der Waals surface area contributed by atoms with Gasteiger partial charge in [-0.3, -0.25) is 9.97 Å². The number of nitrogens with zero attached hydrogens (tertiary/aromatic N) is 7. The molecule has 5 aromatic heterocycles. The van der Waals surface area contributed by atoms with Gasteiger partial charge in [-0.15, -0.1) is 0 Å². The standard InChI is InChI=1S/C54H35N7/c1-3-12-37(13-4-1)52-58-53(38-24-22-36(23-25-38)40-26-27-51-47(31-40)46-20-7-8-21-50(46)61(51)45-18-5-2-6-19-45)60-54(59-52)41-15-9-14-39(30-41)44-32-48(42-16-10-28-55-34-42)57-49(33-44)43-17-11-29-56-35-43/h1-35H. The maximum atomic E-state index is 5.12. The van der Waals surface area contributed by atoms with Gasteiger partial charge in [0.15, 0.2) is 17.5 Å². The van der Waals surface area contributed by atoms with Gasteiger partial charge in [0.25, 0.3) is 0 Å². The van der Waals surface area contributed by atoms with Crippen LogP contribution in [0.3, 0.4) is 0 Å². The molecular weight excluding hydrogens is 747 g/mol. The van der Waals surface area contributed by atoms with Crippen LogP contribution in [0.4, 0.5) is 0 Å². The van der Waals surface area contributed by atoms with Crippen molar-refractivity contribution in [1.82, 2.24) is 34.5 Å². The second kappa shape index (κ2) is 15.4. The Morgan fingerprint density at radius 2 is 0.803 bits per heavy atom. The summed E-state index contributed by atoms with van der Waals surface area (Å²) in [6.07, 6.45) is 7.22. The van der Waals surface area contributed by atoms with Crippen molar-refractivity contribution >= 4 is 21.8 Å². The molecule has 0 fully saturated rings. The first-order valence-electron chi connectivity index (χ1n) is 20.2. The molecule has 0 unspecified atom stereocenters. The molecule has 61 heavy (non-hydrogen) atoms. The van der Waals surface area contributed by atoms with Gasteiger partial charge in [-0.1, -0.05) is 115 Å². The highest BCUT2D eigenvalue weighted by molar-refractivity contribution is 6.10. The monoisotopic (exact) mass is 781 g/mol. The van der Waals surface area contributed by atoms with E-state index in [2.05, 4.69) is 142 Å². The summed E-state index contributed by atoms with van der Waals surface area (Å²) in [5, 5.41) is 2.44. The lowest BCUT2D eigenvalue weighted by Gasteiger charge is -2.12. The number of hydrogen-bond acceptors (Lipinski definition) is 6. The Hall–Kier alpha value is -8.42. The summed E-state index contributed by atoms with van der Waals surface area (Å²) >= 11 is 0. The minimum Gasteiger partial charge on any atom is -0.309 e. The maximum absolute atomic E-state index is 5.12. The Morgan fingerprint density at radius 3 is 1.48 bits per heavy atom. The summed E-state index contributed by atoms with van der Waals surface area (Å²) in [4.78, 5) is 29.0. The predicted molar refractivity (Wildman–Crippen MR) is 246 cm³/mol. The molecular formula is C54H35N7. The Labute approximate surface area is 352 Å². The minimum absolute atomic E-state index is 0.587. The number of benzene rings is 6. The van der Waals surface area contributed by atoms with E-state index in [-0.39, 0.29) is 0 Å². The first kappa shape index (κ1) is 35.7. The van der Waals surface area contributed by atoms with Gasteiger partial charge in [-0.05, 0) is 95.1 Å². The first-order chi connectivity index (χ1) is 30.2. The van der Waals surface area contributed by atoms with Crippen molar-refractivity contribution in [2.75, 3.05) is 0 Å². The van der Waals surface area contributed by atoms with Crippen molar-refractivity contribution in [3.8, 4) is 84.6 Å². The van der Waals surface area contributed by atoms with E-state index in [4.69, 9.17) is 19.9 Å². The van der Waals surface area contributed by atoms with Gasteiger partial charge in [0.2, 0.25) is 0 Å². The number of hydrogen-bond donors (Lipinski definition) is 0. The molecule has 0 radical (unpaired) electrons. The number of fused-ring (bicyclic) bond motifs is 3. The molecule has 6 aromatic carbocycles. The van der Waals surface area contributed by atoms with E-state index in [1.165, 1.54) is 21.8 Å². The average molecular weight is 782 g/mol. The second-order valence-electron chi connectivity index (χ2n) is 14.9. The summed E-state index contributed by atoms with van der Waals surface area (Å²) < 4.78 is 2.34. The van der Waals surface area contributed by atoms with Crippen LogP contribution >= 0.6 is 0 Å². The lowest BCUT2D eigenvalue weighted by atomic mass is 9.99. The molecule has 0 spiro atoms. The van der Waals surface area contributed by atoms with Crippen LogP contribution in [0.1, 0.15) is 0 Å². The van der Waals surface area contributed by atoms with Gasteiger partial charge in [0.1, 0.15) is 0 Å². The number of rotatable bonds is 8. The molecule has 0 saturated carbocycles. The highest BCUT2D eigenvalue weighted by Gasteiger charge is 2.16. The van der Waals surface area contributed by atoms with Crippen LogP contribution in [-0.4, -0.2) is 34.5 Å². The Morgan fingerprint density at radius 1 is 0.295 bits per heavy atom. The van der Waals surface area contributed by atoms with Gasteiger partial charge in [0.05, 0.1) is 22.4 Å². The fourth-order valence-corrected chi connectivity index (χ4v) is 8.03. The molecule has 0 bridgehead atoms. The third kappa shape index (κ3) is 6.90. The van der Waals surface area contributed by atoms with Crippen molar-refractivity contribution in [1.29, 1.82) is 0 Å². The molecule has 7 heteroatoms. The molecule has 286 valence electrons. The van der Waals surface area contributed by atoms with Crippen LogP contribution < -0.4 is 0 Å². The first-order valence-corrected chi connectivity index (χ1v) is 20.2. The molecule has 0 N–H and O–H groups in total. The van der Waals surface area contributed by atoms with Gasteiger partial charge < -0.3 is 4.57 Å².